The van der Waals surface area contributed by atoms with Gasteiger partial charge in [-0.25, -0.2) is 14.5 Å². The van der Waals surface area contributed by atoms with E-state index >= 15 is 0 Å². The van der Waals surface area contributed by atoms with Gasteiger partial charge in [0.05, 0.1) is 17.8 Å². The van der Waals surface area contributed by atoms with Crippen LogP contribution < -0.4 is 5.32 Å². The minimum Gasteiger partial charge on any atom is -0.478 e. The van der Waals surface area contributed by atoms with E-state index in [0.29, 0.717) is 11.4 Å². The van der Waals surface area contributed by atoms with Crippen molar-refractivity contribution in [3.05, 3.63) is 40.2 Å². The SMILES string of the molecule is CCSC1=C(C(F)(F)F)CC2N=C(n3cc(C(=O)O)cn3)NC2=C1. The maximum Gasteiger partial charge on any atom is 0.413 e. The lowest BCUT2D eigenvalue weighted by atomic mass is 9.98. The van der Waals surface area contributed by atoms with Crippen molar-refractivity contribution in [2.75, 3.05) is 5.75 Å². The molecule has 1 unspecified atom stereocenters. The second-order valence-corrected chi connectivity index (χ2v) is 6.46. The van der Waals surface area contributed by atoms with E-state index in [9.17, 15) is 18.0 Å². The Kier molecular flexibility index (Phi) is 4.16. The number of rotatable bonds is 3. The van der Waals surface area contributed by atoms with E-state index in [1.807, 2.05) is 0 Å². The van der Waals surface area contributed by atoms with Crippen LogP contribution in [0.4, 0.5) is 13.2 Å². The van der Waals surface area contributed by atoms with Crippen molar-refractivity contribution in [3.63, 3.8) is 0 Å². The summed E-state index contributed by atoms with van der Waals surface area (Å²) >= 11 is 1.13. The molecular formula is C14H13F3N4O2S. The van der Waals surface area contributed by atoms with Crippen molar-refractivity contribution >= 4 is 23.7 Å². The number of alkyl halides is 3. The van der Waals surface area contributed by atoms with E-state index in [4.69, 9.17) is 5.11 Å². The summed E-state index contributed by atoms with van der Waals surface area (Å²) < 4.78 is 40.9. The molecule has 0 aromatic carbocycles. The van der Waals surface area contributed by atoms with Gasteiger partial charge in [0.25, 0.3) is 0 Å². The second kappa shape index (κ2) is 6.00. The fourth-order valence-electron chi connectivity index (χ4n) is 2.48. The molecule has 2 aliphatic rings. The number of aliphatic imine (C=N–C) groups is 1. The number of nitrogens with one attached hydrogen (secondary N) is 1. The first-order chi connectivity index (χ1) is 11.3. The Bertz CT molecular complexity index is 779. The minimum atomic E-state index is -4.40. The van der Waals surface area contributed by atoms with Crippen molar-refractivity contribution < 1.29 is 23.1 Å². The predicted molar refractivity (Wildman–Crippen MR) is 82.9 cm³/mol. The van der Waals surface area contributed by atoms with Crippen LogP contribution in [0.25, 0.3) is 0 Å². The number of aromatic nitrogens is 2. The molecule has 1 aliphatic carbocycles. The Morgan fingerprint density at radius 3 is 2.88 bits per heavy atom. The zero-order chi connectivity index (χ0) is 17.5. The highest BCUT2D eigenvalue weighted by molar-refractivity contribution is 8.03. The number of hydrogen-bond acceptors (Lipinski definition) is 5. The molecule has 3 rings (SSSR count). The normalized spacial score (nSPS) is 20.4. The van der Waals surface area contributed by atoms with Gasteiger partial charge in [0.2, 0.25) is 5.96 Å². The summed E-state index contributed by atoms with van der Waals surface area (Å²) in [5.41, 5.74) is -0.0531. The van der Waals surface area contributed by atoms with Crippen LogP contribution >= 0.6 is 11.8 Å². The summed E-state index contributed by atoms with van der Waals surface area (Å²) in [6.07, 6.45) is -0.781. The van der Waals surface area contributed by atoms with Gasteiger partial charge in [-0.2, -0.15) is 18.3 Å². The van der Waals surface area contributed by atoms with Gasteiger partial charge in [0, 0.05) is 28.8 Å². The van der Waals surface area contributed by atoms with E-state index in [-0.39, 0.29) is 22.8 Å². The fraction of sp³-hybridized carbons (Fsp3) is 0.357. The molecule has 0 radical (unpaired) electrons. The van der Waals surface area contributed by atoms with Crippen molar-refractivity contribution in [2.24, 2.45) is 4.99 Å². The molecule has 1 aromatic rings. The van der Waals surface area contributed by atoms with Crippen LogP contribution in [0.5, 0.6) is 0 Å². The zero-order valence-electron chi connectivity index (χ0n) is 12.5. The molecule has 2 N–H and O–H groups in total. The quantitative estimate of drug-likeness (QED) is 0.868. The highest BCUT2D eigenvalue weighted by Gasteiger charge is 2.41. The number of thioether (sulfide) groups is 1. The topological polar surface area (TPSA) is 79.5 Å². The van der Waals surface area contributed by atoms with Gasteiger partial charge in [-0.15, -0.1) is 11.8 Å². The van der Waals surface area contributed by atoms with Gasteiger partial charge in [0.15, 0.2) is 0 Å². The van der Waals surface area contributed by atoms with E-state index in [0.717, 1.165) is 18.0 Å². The number of carboxylic acids is 1. The lowest BCUT2D eigenvalue weighted by Gasteiger charge is -2.23. The first-order valence-electron chi connectivity index (χ1n) is 7.07. The van der Waals surface area contributed by atoms with E-state index in [1.54, 1.807) is 6.92 Å². The highest BCUT2D eigenvalue weighted by atomic mass is 32.2. The van der Waals surface area contributed by atoms with Crippen LogP contribution in [0, 0.1) is 0 Å². The smallest absolute Gasteiger partial charge is 0.413 e. The molecule has 0 spiro atoms. The van der Waals surface area contributed by atoms with Crippen molar-refractivity contribution in [1.29, 1.82) is 0 Å². The van der Waals surface area contributed by atoms with Crippen molar-refractivity contribution in [1.82, 2.24) is 15.1 Å². The first-order valence-corrected chi connectivity index (χ1v) is 8.06. The van der Waals surface area contributed by atoms with Crippen LogP contribution in [0.1, 0.15) is 23.7 Å². The molecule has 1 aromatic heterocycles. The number of aromatic carboxylic acids is 1. The monoisotopic (exact) mass is 358 g/mol. The van der Waals surface area contributed by atoms with Gasteiger partial charge < -0.3 is 10.4 Å². The average molecular weight is 358 g/mol. The Balaban J connectivity index is 1.89. The molecule has 0 bridgehead atoms. The lowest BCUT2D eigenvalue weighted by Crippen LogP contribution is -2.28. The maximum absolute atomic E-state index is 13.2. The third-order valence-corrected chi connectivity index (χ3v) is 4.53. The number of halogens is 3. The molecule has 0 saturated heterocycles. The number of carbonyl (C=O) groups is 1. The highest BCUT2D eigenvalue weighted by Crippen LogP contribution is 2.41. The van der Waals surface area contributed by atoms with Gasteiger partial charge >= 0.3 is 12.1 Å². The van der Waals surface area contributed by atoms with Crippen LogP contribution in [0.2, 0.25) is 0 Å². The Morgan fingerprint density at radius 1 is 1.54 bits per heavy atom. The molecule has 0 fully saturated rings. The third-order valence-electron chi connectivity index (χ3n) is 3.56. The Hall–Kier alpha value is -2.23. The minimum absolute atomic E-state index is 0.0281. The summed E-state index contributed by atoms with van der Waals surface area (Å²) in [5, 5.41) is 15.7. The molecule has 0 amide bonds. The third kappa shape index (κ3) is 3.05. The van der Waals surface area contributed by atoms with Gasteiger partial charge in [-0.1, -0.05) is 6.92 Å². The van der Waals surface area contributed by atoms with Crippen molar-refractivity contribution in [2.45, 2.75) is 25.6 Å². The van der Waals surface area contributed by atoms with Gasteiger partial charge in [0.1, 0.15) is 0 Å². The molecule has 6 nitrogen and oxygen atoms in total. The Morgan fingerprint density at radius 2 is 2.29 bits per heavy atom. The maximum atomic E-state index is 13.2. The van der Waals surface area contributed by atoms with Gasteiger partial charge in [-0.05, 0) is 11.8 Å². The molecule has 128 valence electrons. The zero-order valence-corrected chi connectivity index (χ0v) is 13.3. The van der Waals surface area contributed by atoms with Gasteiger partial charge in [-0.3, -0.25) is 0 Å². The molecule has 24 heavy (non-hydrogen) atoms. The van der Waals surface area contributed by atoms with Crippen LogP contribution in [0.3, 0.4) is 0 Å². The average Bonchev–Trinajstić information content (AvgIpc) is 3.12. The second-order valence-electron chi connectivity index (χ2n) is 5.15. The lowest BCUT2D eigenvalue weighted by molar-refractivity contribution is -0.0946. The summed E-state index contributed by atoms with van der Waals surface area (Å²) in [5.74, 6) is -0.403. The fourth-order valence-corrected chi connectivity index (χ4v) is 3.37. The predicted octanol–water partition coefficient (Wildman–Crippen LogP) is 2.61. The molecule has 1 aliphatic heterocycles. The largest absolute Gasteiger partial charge is 0.478 e. The number of carboxylic acid groups (broad SMARTS) is 1. The number of hydrogen-bond donors (Lipinski definition) is 2. The van der Waals surface area contributed by atoms with Crippen LogP contribution in [-0.2, 0) is 0 Å². The van der Waals surface area contributed by atoms with E-state index in [2.05, 4.69) is 15.4 Å². The van der Waals surface area contributed by atoms with Crippen LogP contribution in [0.15, 0.2) is 39.6 Å². The summed E-state index contributed by atoms with van der Waals surface area (Å²) in [6.45, 7) is 1.79. The molecule has 10 heteroatoms. The molecule has 0 saturated carbocycles. The number of nitrogens with zero attached hydrogens (tertiary/aromatic N) is 3. The van der Waals surface area contributed by atoms with E-state index in [1.165, 1.54) is 17.0 Å². The summed E-state index contributed by atoms with van der Waals surface area (Å²) in [7, 11) is 0. The summed E-state index contributed by atoms with van der Waals surface area (Å²) in [6, 6.07) is -0.671. The summed E-state index contributed by atoms with van der Waals surface area (Å²) in [4.78, 5) is 15.3. The molecule has 1 atom stereocenters. The molecular weight excluding hydrogens is 345 g/mol. The first kappa shape index (κ1) is 16.6. The van der Waals surface area contributed by atoms with E-state index < -0.39 is 23.8 Å². The number of allylic oxidation sites excluding steroid dienone is 1. The molecule has 2 heterocycles. The standard InChI is InChI=1S/C14H13F3N4O2S/c1-2-24-11-4-10-9(3-8(11)14(15,16)17)19-13(20-10)21-6-7(5-18-21)12(22)23/h4-6,9H,2-3H2,1H3,(H,19,20)(H,22,23). The Labute approximate surface area is 139 Å². The number of fused-ring (bicyclic) bond motifs is 1. The van der Waals surface area contributed by atoms with Crippen molar-refractivity contribution in [3.8, 4) is 0 Å². The van der Waals surface area contributed by atoms with Crippen LogP contribution in [-0.4, -0.2) is 44.8 Å².